The molecule has 5 nitrogen and oxygen atoms in total. The molecule has 0 spiro atoms. The summed E-state index contributed by atoms with van der Waals surface area (Å²) in [5, 5.41) is 3.36. The topological polar surface area (TPSA) is 64.6 Å². The average Bonchev–Trinajstić information content (AvgIpc) is 2.55. The van der Waals surface area contributed by atoms with Crippen molar-refractivity contribution in [1.82, 2.24) is 5.32 Å². The summed E-state index contributed by atoms with van der Waals surface area (Å²) in [5.74, 6) is -1.67. The predicted molar refractivity (Wildman–Crippen MR) is 91.5 cm³/mol. The van der Waals surface area contributed by atoms with Crippen LogP contribution >= 0.6 is 0 Å². The first-order valence-corrected chi connectivity index (χ1v) is 8.65. The molecule has 1 heterocycles. The van der Waals surface area contributed by atoms with E-state index in [-0.39, 0.29) is 29.9 Å². The van der Waals surface area contributed by atoms with Gasteiger partial charge in [-0.1, -0.05) is 30.3 Å². The van der Waals surface area contributed by atoms with E-state index in [4.69, 9.17) is 9.47 Å². The Hall–Kier alpha value is -1.88. The molecule has 1 fully saturated rings. The number of piperidine rings is 1. The zero-order valence-electron chi connectivity index (χ0n) is 14.8. The highest BCUT2D eigenvalue weighted by atomic mass is 16.5. The first-order valence-electron chi connectivity index (χ1n) is 8.65. The largest absolute Gasteiger partial charge is 0.466 e. The van der Waals surface area contributed by atoms with Gasteiger partial charge < -0.3 is 14.8 Å². The summed E-state index contributed by atoms with van der Waals surface area (Å²) in [6.45, 7) is 8.17. The number of ether oxygens (including phenoxy) is 2. The van der Waals surface area contributed by atoms with Crippen molar-refractivity contribution in [3.63, 3.8) is 0 Å². The Morgan fingerprint density at radius 3 is 1.79 bits per heavy atom. The highest BCUT2D eigenvalue weighted by Gasteiger charge is 2.49. The van der Waals surface area contributed by atoms with Gasteiger partial charge in [-0.25, -0.2) is 0 Å². The van der Waals surface area contributed by atoms with Crippen molar-refractivity contribution in [2.45, 2.75) is 45.7 Å². The van der Waals surface area contributed by atoms with Gasteiger partial charge in [-0.05, 0) is 33.3 Å². The molecule has 4 atom stereocenters. The number of hydrogen-bond donors (Lipinski definition) is 1. The molecule has 1 saturated heterocycles. The van der Waals surface area contributed by atoms with E-state index in [9.17, 15) is 9.59 Å². The fourth-order valence-corrected chi connectivity index (χ4v) is 3.74. The molecule has 0 bridgehead atoms. The zero-order chi connectivity index (χ0) is 17.7. The third-order valence-electron chi connectivity index (χ3n) is 4.68. The third-order valence-corrected chi connectivity index (χ3v) is 4.68. The van der Waals surface area contributed by atoms with Gasteiger partial charge in [0.15, 0.2) is 0 Å². The molecule has 5 heteroatoms. The lowest BCUT2D eigenvalue weighted by atomic mass is 9.68. The van der Waals surface area contributed by atoms with Crippen LogP contribution in [0.4, 0.5) is 0 Å². The minimum absolute atomic E-state index is 0.0880. The van der Waals surface area contributed by atoms with Gasteiger partial charge in [0, 0.05) is 18.0 Å². The van der Waals surface area contributed by atoms with E-state index in [1.807, 2.05) is 44.2 Å². The number of esters is 2. The Labute approximate surface area is 143 Å². The highest BCUT2D eigenvalue weighted by molar-refractivity contribution is 5.80. The van der Waals surface area contributed by atoms with E-state index in [0.29, 0.717) is 13.2 Å². The van der Waals surface area contributed by atoms with Crippen molar-refractivity contribution in [3.8, 4) is 0 Å². The fourth-order valence-electron chi connectivity index (χ4n) is 3.74. The van der Waals surface area contributed by atoms with E-state index in [2.05, 4.69) is 5.32 Å². The van der Waals surface area contributed by atoms with E-state index in [0.717, 1.165) is 5.56 Å². The molecule has 1 N–H and O–H groups in total. The summed E-state index contributed by atoms with van der Waals surface area (Å²) < 4.78 is 10.6. The Balaban J connectivity index is 2.47. The van der Waals surface area contributed by atoms with E-state index in [1.165, 1.54) is 0 Å². The Bertz CT molecular complexity index is 530. The van der Waals surface area contributed by atoms with Crippen LogP contribution in [0.1, 0.15) is 39.2 Å². The number of nitrogens with one attached hydrogen (secondary N) is 1. The smallest absolute Gasteiger partial charge is 0.311 e. The van der Waals surface area contributed by atoms with Crippen LogP contribution in [-0.2, 0) is 19.1 Å². The van der Waals surface area contributed by atoms with Gasteiger partial charge >= 0.3 is 11.9 Å². The number of hydrogen-bond acceptors (Lipinski definition) is 5. The van der Waals surface area contributed by atoms with E-state index >= 15 is 0 Å². The third kappa shape index (κ3) is 3.78. The van der Waals surface area contributed by atoms with Crippen LogP contribution in [0.3, 0.4) is 0 Å². The number of rotatable bonds is 5. The van der Waals surface area contributed by atoms with Crippen molar-refractivity contribution in [3.05, 3.63) is 35.9 Å². The molecule has 0 amide bonds. The molecule has 132 valence electrons. The van der Waals surface area contributed by atoms with Crippen LogP contribution in [0.2, 0.25) is 0 Å². The van der Waals surface area contributed by atoms with Crippen molar-refractivity contribution in [2.24, 2.45) is 11.8 Å². The molecular formula is C19H27NO4. The predicted octanol–water partition coefficient (Wildman–Crippen LogP) is 2.51. The lowest BCUT2D eigenvalue weighted by Gasteiger charge is -2.44. The normalized spacial score (nSPS) is 29.8. The van der Waals surface area contributed by atoms with Gasteiger partial charge in [-0.2, -0.15) is 0 Å². The van der Waals surface area contributed by atoms with Gasteiger partial charge in [0.25, 0.3) is 0 Å². The van der Waals surface area contributed by atoms with Crippen LogP contribution in [0, 0.1) is 11.8 Å². The molecule has 4 unspecified atom stereocenters. The highest BCUT2D eigenvalue weighted by Crippen LogP contribution is 2.41. The van der Waals surface area contributed by atoms with Gasteiger partial charge in [0.05, 0.1) is 25.0 Å². The minimum atomic E-state index is -0.432. The standard InChI is InChI=1S/C19H27NO4/c1-5-23-18(21)15-12(3)20-13(4)16(19(22)24-6-2)17(15)14-10-8-7-9-11-14/h7-13,15-17,20H,5-6H2,1-4H3. The lowest BCUT2D eigenvalue weighted by Crippen LogP contribution is -2.58. The summed E-state index contributed by atoms with van der Waals surface area (Å²) in [5.41, 5.74) is 0.966. The molecule has 0 aromatic heterocycles. The second-order valence-corrected chi connectivity index (χ2v) is 6.24. The summed E-state index contributed by atoms with van der Waals surface area (Å²) >= 11 is 0. The van der Waals surface area contributed by atoms with Crippen molar-refractivity contribution in [1.29, 1.82) is 0 Å². The SMILES string of the molecule is CCOC(=O)C1C(C)NC(C)C(C(=O)OCC)C1c1ccccc1. The maximum atomic E-state index is 12.6. The van der Waals surface area contributed by atoms with Gasteiger partial charge in [-0.15, -0.1) is 0 Å². The van der Waals surface area contributed by atoms with Crippen LogP contribution in [0.25, 0.3) is 0 Å². The second kappa shape index (κ2) is 8.29. The first-order chi connectivity index (χ1) is 11.5. The zero-order valence-corrected chi connectivity index (χ0v) is 14.8. The molecule has 0 radical (unpaired) electrons. The number of carbonyl (C=O) groups excluding carboxylic acids is 2. The lowest BCUT2D eigenvalue weighted by molar-refractivity contribution is -0.158. The van der Waals surface area contributed by atoms with E-state index < -0.39 is 11.8 Å². The summed E-state index contributed by atoms with van der Waals surface area (Å²) in [7, 11) is 0. The molecule has 1 aliphatic rings. The Kier molecular flexibility index (Phi) is 6.37. The van der Waals surface area contributed by atoms with Crippen molar-refractivity contribution >= 4 is 11.9 Å². The van der Waals surface area contributed by atoms with E-state index in [1.54, 1.807) is 13.8 Å². The van der Waals surface area contributed by atoms with Crippen LogP contribution < -0.4 is 5.32 Å². The van der Waals surface area contributed by atoms with Crippen LogP contribution in [-0.4, -0.2) is 37.2 Å². The quantitative estimate of drug-likeness (QED) is 0.839. The van der Waals surface area contributed by atoms with Crippen LogP contribution in [0.15, 0.2) is 30.3 Å². The molecular weight excluding hydrogens is 306 g/mol. The van der Waals surface area contributed by atoms with Crippen LogP contribution in [0.5, 0.6) is 0 Å². The molecule has 0 aliphatic carbocycles. The molecule has 1 aromatic carbocycles. The first kappa shape index (κ1) is 18.5. The Morgan fingerprint density at radius 2 is 1.38 bits per heavy atom. The second-order valence-electron chi connectivity index (χ2n) is 6.24. The van der Waals surface area contributed by atoms with Crippen molar-refractivity contribution in [2.75, 3.05) is 13.2 Å². The van der Waals surface area contributed by atoms with Gasteiger partial charge in [0.1, 0.15) is 0 Å². The van der Waals surface area contributed by atoms with Crippen molar-refractivity contribution < 1.29 is 19.1 Å². The molecule has 0 saturated carbocycles. The number of carbonyl (C=O) groups is 2. The molecule has 1 aromatic rings. The molecule has 1 aliphatic heterocycles. The maximum Gasteiger partial charge on any atom is 0.311 e. The van der Waals surface area contributed by atoms with Gasteiger partial charge in [-0.3, -0.25) is 9.59 Å². The number of benzene rings is 1. The summed E-state index contributed by atoms with van der Waals surface area (Å²) in [6.07, 6.45) is 0. The minimum Gasteiger partial charge on any atom is -0.466 e. The van der Waals surface area contributed by atoms with Gasteiger partial charge in [0.2, 0.25) is 0 Å². The monoisotopic (exact) mass is 333 g/mol. The fraction of sp³-hybridized carbons (Fsp3) is 0.579. The average molecular weight is 333 g/mol. The molecule has 2 rings (SSSR count). The molecule has 24 heavy (non-hydrogen) atoms. The summed E-state index contributed by atoms with van der Waals surface area (Å²) in [6, 6.07) is 9.54. The maximum absolute atomic E-state index is 12.6. The summed E-state index contributed by atoms with van der Waals surface area (Å²) in [4.78, 5) is 25.2. The Morgan fingerprint density at radius 1 is 0.917 bits per heavy atom.